The van der Waals surface area contributed by atoms with Crippen molar-refractivity contribution >= 4 is 11.6 Å². The Morgan fingerprint density at radius 3 is 2.67 bits per heavy atom. The van der Waals surface area contributed by atoms with Gasteiger partial charge in [-0.2, -0.15) is 9.49 Å². The van der Waals surface area contributed by atoms with Gasteiger partial charge in [0.2, 0.25) is 0 Å². The first-order valence-corrected chi connectivity index (χ1v) is 9.85. The molecule has 0 saturated carbocycles. The van der Waals surface area contributed by atoms with E-state index in [0.29, 0.717) is 41.5 Å². The van der Waals surface area contributed by atoms with Crippen LogP contribution in [-0.2, 0) is 13.0 Å². The number of ether oxygens (including phenoxy) is 2. The number of aryl methyl sites for hydroxylation is 3. The number of pyridine rings is 1. The predicted octanol–water partition coefficient (Wildman–Crippen LogP) is 4.50. The van der Waals surface area contributed by atoms with Gasteiger partial charge in [-0.15, -0.1) is 0 Å². The Morgan fingerprint density at radius 2 is 1.97 bits per heavy atom. The van der Waals surface area contributed by atoms with Crippen LogP contribution in [0.3, 0.4) is 0 Å². The second kappa shape index (κ2) is 7.44. The molecule has 1 N–H and O–H groups in total. The molecule has 0 saturated heterocycles. The molecule has 8 heteroatoms. The van der Waals surface area contributed by atoms with Crippen LogP contribution in [0, 0.1) is 6.92 Å². The third-order valence-corrected chi connectivity index (χ3v) is 5.02. The van der Waals surface area contributed by atoms with Crippen LogP contribution in [0.5, 0.6) is 11.5 Å². The number of fused-ring (bicyclic) bond motifs is 1. The van der Waals surface area contributed by atoms with E-state index >= 15 is 0 Å². The molecule has 1 aliphatic heterocycles. The van der Waals surface area contributed by atoms with Crippen LogP contribution in [0.1, 0.15) is 42.4 Å². The van der Waals surface area contributed by atoms with Crippen LogP contribution in [0.4, 0.5) is 10.1 Å². The lowest BCUT2D eigenvalue weighted by atomic mass is 10.0. The lowest BCUT2D eigenvalue weighted by Crippen LogP contribution is -2.27. The van der Waals surface area contributed by atoms with E-state index in [9.17, 15) is 9.18 Å². The van der Waals surface area contributed by atoms with Crippen molar-refractivity contribution in [1.82, 2.24) is 14.8 Å². The Labute approximate surface area is 173 Å². The summed E-state index contributed by atoms with van der Waals surface area (Å²) >= 11 is 0. The summed E-state index contributed by atoms with van der Waals surface area (Å²) in [6.07, 6.45) is 3.94. The summed E-state index contributed by atoms with van der Waals surface area (Å²) in [7, 11) is 0. The molecule has 0 radical (unpaired) electrons. The van der Waals surface area contributed by atoms with E-state index in [-0.39, 0.29) is 5.91 Å². The van der Waals surface area contributed by atoms with E-state index in [1.807, 2.05) is 26.8 Å². The van der Waals surface area contributed by atoms with Crippen molar-refractivity contribution in [3.63, 3.8) is 0 Å². The van der Waals surface area contributed by atoms with Gasteiger partial charge in [-0.1, -0.05) is 6.92 Å². The van der Waals surface area contributed by atoms with Crippen molar-refractivity contribution in [3.8, 4) is 22.8 Å². The summed E-state index contributed by atoms with van der Waals surface area (Å²) in [4.78, 5) is 17.2. The van der Waals surface area contributed by atoms with Crippen LogP contribution in [0.25, 0.3) is 11.3 Å². The molecule has 2 aromatic heterocycles. The molecular weight excluding hydrogens is 387 g/mol. The van der Waals surface area contributed by atoms with Gasteiger partial charge in [-0.3, -0.25) is 14.5 Å². The monoisotopic (exact) mass is 410 g/mol. The van der Waals surface area contributed by atoms with Crippen LogP contribution in [-0.4, -0.2) is 26.7 Å². The number of rotatable bonds is 5. The minimum Gasteiger partial charge on any atom is -0.423 e. The number of alkyl halides is 1. The quantitative estimate of drug-likeness (QED) is 0.670. The summed E-state index contributed by atoms with van der Waals surface area (Å²) in [5.41, 5.74) is 4.47. The maximum absolute atomic E-state index is 14.0. The topological polar surface area (TPSA) is 78.3 Å². The number of aromatic nitrogens is 3. The van der Waals surface area contributed by atoms with Gasteiger partial charge in [0.15, 0.2) is 11.5 Å². The molecule has 1 aliphatic rings. The third-order valence-electron chi connectivity index (χ3n) is 5.02. The van der Waals surface area contributed by atoms with Crippen molar-refractivity contribution < 1.29 is 18.7 Å². The first kappa shape index (κ1) is 19.9. The van der Waals surface area contributed by atoms with E-state index < -0.39 is 6.04 Å². The fourth-order valence-electron chi connectivity index (χ4n) is 3.52. The summed E-state index contributed by atoms with van der Waals surface area (Å²) in [5, 5.41) is 7.06. The molecule has 0 aliphatic carbocycles. The standard InChI is InChI=1S/C22H23FN4O3/c1-5-14-10-16(15-11-20-19(9-13(15)3)29-22(4,23)30-20)24-12-17(14)26-21(28)18-7-8-25-27(18)6-2/h7-12H,5-6H2,1-4H3,(H,26,28). The number of nitrogens with one attached hydrogen (secondary N) is 1. The zero-order chi connectivity index (χ0) is 21.5. The maximum atomic E-state index is 14.0. The molecule has 1 aromatic carbocycles. The average molecular weight is 410 g/mol. The smallest absolute Gasteiger partial charge is 0.404 e. The second-order valence-electron chi connectivity index (χ2n) is 7.22. The minimum absolute atomic E-state index is 0.236. The fraction of sp³-hybridized carbons (Fsp3) is 0.318. The highest BCUT2D eigenvalue weighted by molar-refractivity contribution is 6.03. The molecule has 0 fully saturated rings. The zero-order valence-corrected chi connectivity index (χ0v) is 17.3. The number of hydrogen-bond acceptors (Lipinski definition) is 5. The second-order valence-corrected chi connectivity index (χ2v) is 7.22. The van der Waals surface area contributed by atoms with Crippen molar-refractivity contribution in [2.75, 3.05) is 5.32 Å². The van der Waals surface area contributed by atoms with Crippen molar-refractivity contribution in [2.24, 2.45) is 0 Å². The number of amides is 1. The van der Waals surface area contributed by atoms with Gasteiger partial charge in [0.1, 0.15) is 5.69 Å². The first-order valence-electron chi connectivity index (χ1n) is 9.85. The van der Waals surface area contributed by atoms with Gasteiger partial charge in [0.25, 0.3) is 5.91 Å². The normalized spacial score (nSPS) is 17.2. The Kier molecular flexibility index (Phi) is 4.93. The van der Waals surface area contributed by atoms with Crippen molar-refractivity contribution in [1.29, 1.82) is 0 Å². The Bertz CT molecular complexity index is 1120. The molecule has 0 bridgehead atoms. The first-order chi connectivity index (χ1) is 14.3. The highest BCUT2D eigenvalue weighted by atomic mass is 19.2. The molecule has 4 rings (SSSR count). The number of benzene rings is 1. The maximum Gasteiger partial charge on any atom is 0.404 e. The fourth-order valence-corrected chi connectivity index (χ4v) is 3.52. The van der Waals surface area contributed by atoms with Gasteiger partial charge >= 0.3 is 6.04 Å². The van der Waals surface area contributed by atoms with E-state index in [2.05, 4.69) is 15.4 Å². The number of carbonyl (C=O) groups is 1. The lowest BCUT2D eigenvalue weighted by Gasteiger charge is -2.13. The molecule has 1 atom stereocenters. The summed E-state index contributed by atoms with van der Waals surface area (Å²) in [5.74, 6) is 0.471. The SMILES string of the molecule is CCc1cc(-c2cc3c(cc2C)OC(C)(F)O3)ncc1NC(=O)c1ccnn1CC. The lowest BCUT2D eigenvalue weighted by molar-refractivity contribution is -0.173. The van der Waals surface area contributed by atoms with E-state index in [0.717, 1.165) is 16.7 Å². The largest absolute Gasteiger partial charge is 0.423 e. The van der Waals surface area contributed by atoms with E-state index in [1.54, 1.807) is 35.3 Å². The predicted molar refractivity (Wildman–Crippen MR) is 110 cm³/mol. The zero-order valence-electron chi connectivity index (χ0n) is 17.3. The van der Waals surface area contributed by atoms with Crippen LogP contribution < -0.4 is 14.8 Å². The van der Waals surface area contributed by atoms with Gasteiger partial charge in [0.05, 0.1) is 17.6 Å². The van der Waals surface area contributed by atoms with E-state index in [4.69, 9.17) is 9.47 Å². The van der Waals surface area contributed by atoms with Crippen molar-refractivity contribution in [3.05, 3.63) is 53.5 Å². The van der Waals surface area contributed by atoms with Gasteiger partial charge < -0.3 is 14.8 Å². The average Bonchev–Trinajstić information content (AvgIpc) is 3.30. The molecule has 156 valence electrons. The Balaban J connectivity index is 1.64. The number of anilines is 1. The molecule has 0 spiro atoms. The van der Waals surface area contributed by atoms with Gasteiger partial charge in [-0.05, 0) is 55.7 Å². The summed E-state index contributed by atoms with van der Waals surface area (Å²) < 4.78 is 26.1. The van der Waals surface area contributed by atoms with Gasteiger partial charge in [-0.25, -0.2) is 0 Å². The van der Waals surface area contributed by atoms with Crippen LogP contribution in [0.2, 0.25) is 0 Å². The molecule has 3 heterocycles. The number of hydrogen-bond donors (Lipinski definition) is 1. The Hall–Kier alpha value is -3.42. The number of nitrogens with zero attached hydrogens (tertiary/aromatic N) is 3. The highest BCUT2D eigenvalue weighted by Crippen LogP contribution is 2.43. The summed E-state index contributed by atoms with van der Waals surface area (Å²) in [6, 6.07) is 4.90. The molecular formula is C22H23FN4O3. The molecule has 30 heavy (non-hydrogen) atoms. The van der Waals surface area contributed by atoms with Gasteiger partial charge in [0, 0.05) is 25.2 Å². The Morgan fingerprint density at radius 1 is 1.23 bits per heavy atom. The molecule has 7 nitrogen and oxygen atoms in total. The molecule has 1 amide bonds. The molecule has 3 aromatic rings. The molecule has 1 unspecified atom stereocenters. The van der Waals surface area contributed by atoms with Crippen LogP contribution in [0.15, 0.2) is 36.7 Å². The minimum atomic E-state index is -2.17. The third kappa shape index (κ3) is 3.60. The van der Waals surface area contributed by atoms with Crippen molar-refractivity contribution in [2.45, 2.75) is 46.7 Å². The highest BCUT2D eigenvalue weighted by Gasteiger charge is 2.37. The number of halogens is 1. The summed E-state index contributed by atoms with van der Waals surface area (Å²) in [6.45, 7) is 7.66. The number of carbonyl (C=O) groups excluding carboxylic acids is 1. The van der Waals surface area contributed by atoms with E-state index in [1.165, 1.54) is 6.92 Å². The van der Waals surface area contributed by atoms with Crippen LogP contribution >= 0.6 is 0 Å².